The molecule has 0 heterocycles. The molecule has 10 heteroatoms. The number of nitrogens with zero attached hydrogens (tertiary/aromatic N) is 1. The topological polar surface area (TPSA) is 122 Å². The molecule has 1 amide bonds. The maximum absolute atomic E-state index is 12.4. The Labute approximate surface area is 157 Å². The number of carbonyl (C=O) groups is 2. The van der Waals surface area contributed by atoms with Crippen molar-refractivity contribution in [2.75, 3.05) is 5.75 Å². The van der Waals surface area contributed by atoms with Crippen molar-refractivity contribution in [2.45, 2.75) is 45.6 Å². The van der Waals surface area contributed by atoms with Crippen molar-refractivity contribution in [3.05, 3.63) is 39.9 Å². The third-order valence-corrected chi connectivity index (χ3v) is 4.61. The fraction of sp³-hybridized carbons (Fsp3) is 0.500. The molecule has 1 rings (SSSR count). The minimum Gasteiger partial charge on any atom is -0.437 e. The van der Waals surface area contributed by atoms with Crippen LogP contribution < -0.4 is 10.5 Å². The van der Waals surface area contributed by atoms with Crippen LogP contribution in [0.3, 0.4) is 0 Å². The largest absolute Gasteiger partial charge is 0.437 e. The second kappa shape index (κ2) is 10.9. The lowest BCUT2D eigenvalue weighted by atomic mass is 9.86. The fourth-order valence-corrected chi connectivity index (χ4v) is 3.02. The van der Waals surface area contributed by atoms with Gasteiger partial charge in [0.1, 0.15) is 0 Å². The molecule has 26 heavy (non-hydrogen) atoms. The number of nitro benzene ring substituents is 1. The monoisotopic (exact) mass is 381 g/mol. The summed E-state index contributed by atoms with van der Waals surface area (Å²) in [5.41, 5.74) is 0.821. The van der Waals surface area contributed by atoms with Gasteiger partial charge < -0.3 is 15.6 Å². The van der Waals surface area contributed by atoms with Gasteiger partial charge in [-0.25, -0.2) is 0 Å². The Kier molecular flexibility index (Phi) is 9.32. The highest BCUT2D eigenvalue weighted by Gasteiger charge is 2.23. The molecule has 0 aliphatic heterocycles. The van der Waals surface area contributed by atoms with Gasteiger partial charge in [0.15, 0.2) is 5.12 Å². The summed E-state index contributed by atoms with van der Waals surface area (Å²) >= 11 is 1.11. The first-order chi connectivity index (χ1) is 12.2. The number of nitrogens with one attached hydrogen (secondary N) is 2. The molecule has 142 valence electrons. The molecule has 1 aromatic carbocycles. The molecule has 0 saturated heterocycles. The van der Waals surface area contributed by atoms with Crippen LogP contribution in [0.4, 0.5) is 5.69 Å². The van der Waals surface area contributed by atoms with E-state index in [1.165, 1.54) is 25.9 Å². The number of nitro groups is 1. The van der Waals surface area contributed by atoms with Crippen molar-refractivity contribution < 1.29 is 19.5 Å². The summed E-state index contributed by atoms with van der Waals surface area (Å²) < 4.78 is 0. The summed E-state index contributed by atoms with van der Waals surface area (Å²) in [7, 11) is -0.814. The van der Waals surface area contributed by atoms with Crippen LogP contribution in [0.1, 0.15) is 25.8 Å². The maximum atomic E-state index is 12.4. The Balaban J connectivity index is 2.81. The molecule has 1 aromatic rings. The van der Waals surface area contributed by atoms with Gasteiger partial charge in [0, 0.05) is 30.9 Å². The number of benzene rings is 1. The lowest BCUT2D eigenvalue weighted by Crippen LogP contribution is -2.52. The van der Waals surface area contributed by atoms with E-state index in [-0.39, 0.29) is 22.8 Å². The van der Waals surface area contributed by atoms with Crippen molar-refractivity contribution in [2.24, 2.45) is 0 Å². The Morgan fingerprint density at radius 3 is 2.42 bits per heavy atom. The average molecular weight is 381 g/mol. The Morgan fingerprint density at radius 2 is 1.96 bits per heavy atom. The van der Waals surface area contributed by atoms with Crippen LogP contribution in [0.5, 0.6) is 0 Å². The number of thioether (sulfide) groups is 1. The van der Waals surface area contributed by atoms with Crippen LogP contribution >= 0.6 is 11.8 Å². The molecule has 0 fully saturated rings. The second-order valence-electron chi connectivity index (χ2n) is 5.94. The first kappa shape index (κ1) is 22.1. The van der Waals surface area contributed by atoms with Crippen LogP contribution in [0, 0.1) is 10.1 Å². The molecule has 0 spiro atoms. The smallest absolute Gasteiger partial charge is 0.374 e. The third-order valence-electron chi connectivity index (χ3n) is 3.63. The highest BCUT2D eigenvalue weighted by atomic mass is 32.2. The molecular formula is C16H24BN3O5S. The van der Waals surface area contributed by atoms with Gasteiger partial charge >= 0.3 is 7.05 Å². The van der Waals surface area contributed by atoms with Gasteiger partial charge in [-0.2, -0.15) is 0 Å². The van der Waals surface area contributed by atoms with Crippen molar-refractivity contribution in [1.82, 2.24) is 10.5 Å². The summed E-state index contributed by atoms with van der Waals surface area (Å²) in [5.74, 6) is 0.132. The number of rotatable bonds is 10. The van der Waals surface area contributed by atoms with Crippen LogP contribution in [0.25, 0.3) is 0 Å². The number of amides is 1. The van der Waals surface area contributed by atoms with E-state index in [9.17, 15) is 24.7 Å². The van der Waals surface area contributed by atoms with Crippen LogP contribution in [-0.4, -0.2) is 45.9 Å². The van der Waals surface area contributed by atoms with Gasteiger partial charge in [0.25, 0.3) is 5.69 Å². The minimum atomic E-state index is -0.814. The van der Waals surface area contributed by atoms with Gasteiger partial charge in [0.2, 0.25) is 5.91 Å². The zero-order valence-electron chi connectivity index (χ0n) is 15.1. The Morgan fingerprint density at radius 1 is 1.35 bits per heavy atom. The van der Waals surface area contributed by atoms with Crippen molar-refractivity contribution in [1.29, 1.82) is 0 Å². The van der Waals surface area contributed by atoms with Crippen LogP contribution in [0.2, 0.25) is 6.82 Å². The number of carbonyl (C=O) groups excluding carboxylic acids is 2. The lowest BCUT2D eigenvalue weighted by molar-refractivity contribution is -0.384. The molecule has 3 N–H and O–H groups in total. The highest BCUT2D eigenvalue weighted by molar-refractivity contribution is 8.13. The van der Waals surface area contributed by atoms with E-state index in [1.54, 1.807) is 12.1 Å². The summed E-state index contributed by atoms with van der Waals surface area (Å²) in [5, 5.41) is 25.8. The summed E-state index contributed by atoms with van der Waals surface area (Å²) in [6.45, 7) is 4.82. The standard InChI is InChI=1S/C16H24BN3O5S/c1-4-15(19-17(3)23)16(22)18-13(10-26-11(2)21)9-12-5-7-14(8-6-12)20(24)25/h5-8,13,15,19,23H,4,9-10H2,1-3H3,(H,18,22)/t13-,15+/m1/s1. The normalized spacial score (nSPS) is 12.9. The van der Waals surface area contributed by atoms with E-state index in [0.29, 0.717) is 18.6 Å². The Bertz CT molecular complexity index is 627. The molecule has 2 atom stereocenters. The summed E-state index contributed by atoms with van der Waals surface area (Å²) in [4.78, 5) is 34.0. The molecule has 0 aliphatic carbocycles. The van der Waals surface area contributed by atoms with E-state index in [2.05, 4.69) is 10.5 Å². The molecular weight excluding hydrogens is 357 g/mol. The van der Waals surface area contributed by atoms with Gasteiger partial charge in [-0.1, -0.05) is 30.8 Å². The molecule has 0 bridgehead atoms. The SMILES string of the molecule is CC[C@H](NB(C)O)C(=O)N[C@@H](CSC(C)=O)Cc1ccc([N+](=O)[O-])cc1. The van der Waals surface area contributed by atoms with Crippen LogP contribution in [-0.2, 0) is 16.0 Å². The maximum Gasteiger partial charge on any atom is 0.374 e. The molecule has 0 unspecified atom stereocenters. The zero-order valence-corrected chi connectivity index (χ0v) is 15.9. The Hall–Kier alpha value is -1.91. The summed E-state index contributed by atoms with van der Waals surface area (Å²) in [6, 6.07) is 5.24. The van der Waals surface area contributed by atoms with Crippen LogP contribution in [0.15, 0.2) is 24.3 Å². The van der Waals surface area contributed by atoms with Crippen molar-refractivity contribution in [3.63, 3.8) is 0 Å². The number of hydrogen-bond acceptors (Lipinski definition) is 7. The molecule has 0 radical (unpaired) electrons. The van der Waals surface area contributed by atoms with Gasteiger partial charge in [-0.05, 0) is 25.2 Å². The molecule has 0 saturated carbocycles. The predicted molar refractivity (Wildman–Crippen MR) is 103 cm³/mol. The van der Waals surface area contributed by atoms with E-state index in [4.69, 9.17) is 0 Å². The van der Waals surface area contributed by atoms with Gasteiger partial charge in [0.05, 0.1) is 11.0 Å². The van der Waals surface area contributed by atoms with Crippen molar-refractivity contribution >= 4 is 35.5 Å². The minimum absolute atomic E-state index is 0.000345. The lowest BCUT2D eigenvalue weighted by Gasteiger charge is -2.23. The third kappa shape index (κ3) is 7.98. The van der Waals surface area contributed by atoms with Gasteiger partial charge in [-0.3, -0.25) is 19.7 Å². The predicted octanol–water partition coefficient (Wildman–Crippen LogP) is 1.38. The van der Waals surface area contributed by atoms with E-state index in [0.717, 1.165) is 17.3 Å². The van der Waals surface area contributed by atoms with E-state index >= 15 is 0 Å². The first-order valence-electron chi connectivity index (χ1n) is 8.34. The van der Waals surface area contributed by atoms with Crippen molar-refractivity contribution in [3.8, 4) is 0 Å². The fourth-order valence-electron chi connectivity index (χ4n) is 2.38. The van der Waals surface area contributed by atoms with E-state index in [1.807, 2.05) is 6.92 Å². The number of non-ortho nitro benzene ring substituents is 1. The quantitative estimate of drug-likeness (QED) is 0.318. The second-order valence-corrected chi connectivity index (χ2v) is 7.14. The highest BCUT2D eigenvalue weighted by Crippen LogP contribution is 2.15. The molecule has 0 aliphatic rings. The first-order valence-corrected chi connectivity index (χ1v) is 9.32. The number of hydrogen-bond donors (Lipinski definition) is 3. The van der Waals surface area contributed by atoms with Gasteiger partial charge in [-0.15, -0.1) is 0 Å². The van der Waals surface area contributed by atoms with E-state index < -0.39 is 18.0 Å². The molecule has 8 nitrogen and oxygen atoms in total. The zero-order chi connectivity index (χ0) is 19.7. The molecule has 0 aromatic heterocycles. The average Bonchev–Trinajstić information content (AvgIpc) is 2.57. The summed E-state index contributed by atoms with van der Waals surface area (Å²) in [6.07, 6.45) is 0.940.